The number of nitrogens with one attached hydrogen (secondary N) is 1. The lowest BCUT2D eigenvalue weighted by atomic mass is 9.55. The maximum Gasteiger partial charge on any atom is 0.311 e. The second kappa shape index (κ2) is 3.49. The Morgan fingerprint density at radius 1 is 1.19 bits per heavy atom. The summed E-state index contributed by atoms with van der Waals surface area (Å²) in [4.78, 5) is 3.74. The molecule has 1 saturated carbocycles. The highest BCUT2D eigenvalue weighted by Crippen LogP contribution is 2.58. The minimum absolute atomic E-state index is 0.193. The largest absolute Gasteiger partial charge is 0.388 e. The van der Waals surface area contributed by atoms with E-state index in [1.807, 2.05) is 0 Å². The second-order valence-corrected chi connectivity index (χ2v) is 6.29. The Morgan fingerprint density at radius 2 is 1.81 bits per heavy atom. The summed E-state index contributed by atoms with van der Waals surface area (Å²) < 4.78 is 10.4. The van der Waals surface area contributed by atoms with Crippen molar-refractivity contribution in [1.29, 1.82) is 0 Å². The Labute approximate surface area is 118 Å². The van der Waals surface area contributed by atoms with Crippen molar-refractivity contribution in [2.45, 2.75) is 54.7 Å². The molecule has 5 rings (SSSR count). The Morgan fingerprint density at radius 3 is 2.48 bits per heavy atom. The summed E-state index contributed by atoms with van der Waals surface area (Å²) in [5.74, 6) is -3.62. The molecule has 9 atom stereocenters. The summed E-state index contributed by atoms with van der Waals surface area (Å²) in [5, 5.41) is 54.7. The molecule has 0 aromatic rings. The number of ether oxygens (including phenoxy) is 2. The van der Waals surface area contributed by atoms with Gasteiger partial charge in [0, 0.05) is 0 Å². The molecule has 4 heterocycles. The van der Waals surface area contributed by atoms with E-state index in [1.165, 1.54) is 6.92 Å². The zero-order chi connectivity index (χ0) is 15.4. The molecule has 4 fully saturated rings. The smallest absolute Gasteiger partial charge is 0.311 e. The quantitative estimate of drug-likeness (QED) is 0.233. The van der Waals surface area contributed by atoms with Gasteiger partial charge in [0.25, 0.3) is 0 Å². The van der Waals surface area contributed by atoms with E-state index in [-0.39, 0.29) is 5.96 Å². The molecule has 1 aliphatic carbocycles. The fourth-order valence-corrected chi connectivity index (χ4v) is 4.19. The molecule has 4 unspecified atom stereocenters. The first-order valence-electron chi connectivity index (χ1n) is 6.60. The number of aliphatic hydroxyl groups excluding tert-OH is 3. The number of hydrogen-bond acceptors (Lipinski definition) is 10. The van der Waals surface area contributed by atoms with Crippen molar-refractivity contribution >= 4 is 5.96 Å². The van der Waals surface area contributed by atoms with E-state index in [0.717, 1.165) is 0 Å². The number of nitrogens with two attached hydrogens (primary N) is 1. The minimum atomic E-state index is -2.41. The molecule has 0 radical (unpaired) electrons. The van der Waals surface area contributed by atoms with Gasteiger partial charge in [0.2, 0.25) is 0 Å². The Hall–Kier alpha value is -1.01. The zero-order valence-electron chi connectivity index (χ0n) is 11.0. The van der Waals surface area contributed by atoms with Crippen molar-refractivity contribution in [1.82, 2.24) is 5.32 Å². The lowest BCUT2D eigenvalue weighted by molar-refractivity contribution is -0.545. The van der Waals surface area contributed by atoms with Gasteiger partial charge in [0.1, 0.15) is 29.5 Å². The fraction of sp³-hybridized carbons (Fsp3) is 0.909. The molecular formula is C11H17N3O7. The molecule has 21 heavy (non-hydrogen) atoms. The van der Waals surface area contributed by atoms with Crippen LogP contribution in [0.3, 0.4) is 0 Å². The van der Waals surface area contributed by atoms with E-state index in [4.69, 9.17) is 15.2 Å². The molecule has 10 heteroatoms. The van der Waals surface area contributed by atoms with Crippen molar-refractivity contribution in [2.24, 2.45) is 16.6 Å². The number of aliphatic imine (C=N–C) groups is 1. The van der Waals surface area contributed by atoms with Gasteiger partial charge < -0.3 is 46.1 Å². The average molecular weight is 303 g/mol. The molecular weight excluding hydrogens is 286 g/mol. The van der Waals surface area contributed by atoms with Crippen molar-refractivity contribution in [3.8, 4) is 0 Å². The van der Waals surface area contributed by atoms with Crippen LogP contribution >= 0.6 is 0 Å². The van der Waals surface area contributed by atoms with Crippen molar-refractivity contribution in [3.05, 3.63) is 0 Å². The molecule has 0 aromatic heterocycles. The fourth-order valence-electron chi connectivity index (χ4n) is 4.19. The van der Waals surface area contributed by atoms with Crippen molar-refractivity contribution < 1.29 is 35.0 Å². The van der Waals surface area contributed by atoms with Crippen LogP contribution in [0.1, 0.15) is 6.92 Å². The number of hydrogen-bond donors (Lipinski definition) is 7. The van der Waals surface area contributed by atoms with Crippen LogP contribution in [0.25, 0.3) is 0 Å². The highest BCUT2D eigenvalue weighted by atomic mass is 16.9. The SMILES string of the molecule is C[C@]1(O)C2OC3(O)OC1[C@@H](O)[C@@]1(NC(N)=N[C@H](O)C21)[C@@H]3O. The van der Waals surface area contributed by atoms with Gasteiger partial charge in [-0.15, -0.1) is 0 Å². The Kier molecular flexibility index (Phi) is 2.26. The molecule has 0 amide bonds. The first-order valence-corrected chi connectivity index (χ1v) is 6.60. The molecule has 4 aliphatic heterocycles. The van der Waals surface area contributed by atoms with Gasteiger partial charge in [-0.3, -0.25) is 0 Å². The van der Waals surface area contributed by atoms with E-state index in [1.54, 1.807) is 0 Å². The van der Waals surface area contributed by atoms with E-state index >= 15 is 0 Å². The predicted molar refractivity (Wildman–Crippen MR) is 64.3 cm³/mol. The lowest BCUT2D eigenvalue weighted by Crippen LogP contribution is -2.94. The van der Waals surface area contributed by atoms with E-state index < -0.39 is 53.7 Å². The average Bonchev–Trinajstić information content (AvgIpc) is 2.36. The Balaban J connectivity index is 1.95. The van der Waals surface area contributed by atoms with Crippen LogP contribution in [0.2, 0.25) is 0 Å². The third-order valence-electron chi connectivity index (χ3n) is 5.13. The molecule has 10 nitrogen and oxygen atoms in total. The summed E-state index contributed by atoms with van der Waals surface area (Å²) in [6, 6.07) is 0. The minimum Gasteiger partial charge on any atom is -0.388 e. The summed E-state index contributed by atoms with van der Waals surface area (Å²) in [7, 11) is 0. The van der Waals surface area contributed by atoms with Gasteiger partial charge in [-0.1, -0.05) is 0 Å². The highest BCUT2D eigenvalue weighted by Gasteiger charge is 2.82. The van der Waals surface area contributed by atoms with Gasteiger partial charge in [-0.2, -0.15) is 0 Å². The normalized spacial score (nSPS) is 64.8. The van der Waals surface area contributed by atoms with Gasteiger partial charge in [0.05, 0.1) is 5.92 Å². The number of rotatable bonds is 0. The van der Waals surface area contributed by atoms with E-state index in [9.17, 15) is 25.5 Å². The third kappa shape index (κ3) is 1.26. The van der Waals surface area contributed by atoms with Crippen LogP contribution in [-0.2, 0) is 9.47 Å². The molecule has 3 saturated heterocycles. The first kappa shape index (κ1) is 13.6. The molecule has 5 aliphatic rings. The van der Waals surface area contributed by atoms with Crippen LogP contribution in [0.4, 0.5) is 0 Å². The number of aliphatic hydroxyl groups is 5. The summed E-state index contributed by atoms with van der Waals surface area (Å²) >= 11 is 0. The summed E-state index contributed by atoms with van der Waals surface area (Å²) in [6.07, 6.45) is -6.96. The lowest BCUT2D eigenvalue weighted by Gasteiger charge is -2.71. The van der Waals surface area contributed by atoms with Crippen molar-refractivity contribution in [3.63, 3.8) is 0 Å². The number of guanidine groups is 1. The van der Waals surface area contributed by atoms with Crippen LogP contribution in [-0.4, -0.2) is 79.2 Å². The van der Waals surface area contributed by atoms with Gasteiger partial charge in [-0.05, 0) is 6.92 Å². The molecule has 0 aromatic carbocycles. The number of nitrogens with zero attached hydrogens (tertiary/aromatic N) is 1. The first-order chi connectivity index (χ1) is 9.64. The molecule has 1 spiro atoms. The maximum absolute atomic E-state index is 10.6. The van der Waals surface area contributed by atoms with Gasteiger partial charge >= 0.3 is 5.97 Å². The van der Waals surface area contributed by atoms with Crippen molar-refractivity contribution in [2.75, 3.05) is 0 Å². The van der Waals surface area contributed by atoms with E-state index in [2.05, 4.69) is 10.3 Å². The van der Waals surface area contributed by atoms with Crippen LogP contribution in [0, 0.1) is 5.92 Å². The molecule has 118 valence electrons. The van der Waals surface area contributed by atoms with Crippen LogP contribution in [0.15, 0.2) is 4.99 Å². The zero-order valence-corrected chi connectivity index (χ0v) is 11.0. The molecule has 8 N–H and O–H groups in total. The van der Waals surface area contributed by atoms with Gasteiger partial charge in [0.15, 0.2) is 18.3 Å². The summed E-state index contributed by atoms with van der Waals surface area (Å²) in [6.45, 7) is 1.36. The maximum atomic E-state index is 10.6. The predicted octanol–water partition coefficient (Wildman–Crippen LogP) is -4.49. The topological polar surface area (TPSA) is 170 Å². The van der Waals surface area contributed by atoms with Gasteiger partial charge in [-0.25, -0.2) is 4.99 Å². The second-order valence-electron chi connectivity index (χ2n) is 6.29. The monoisotopic (exact) mass is 303 g/mol. The third-order valence-corrected chi connectivity index (χ3v) is 5.13. The molecule has 4 bridgehead atoms. The van der Waals surface area contributed by atoms with Crippen LogP contribution < -0.4 is 11.1 Å². The van der Waals surface area contributed by atoms with Crippen LogP contribution in [0.5, 0.6) is 0 Å². The highest BCUT2D eigenvalue weighted by molar-refractivity contribution is 5.80. The summed E-state index contributed by atoms with van der Waals surface area (Å²) in [5.41, 5.74) is 2.27. The van der Waals surface area contributed by atoms with E-state index in [0.29, 0.717) is 0 Å². The Bertz CT molecular complexity index is 542. The standard InChI is InChI=1S/C11H17N3O7/c1-9(18)4-2-6(16)13-8(12)14-10(2)3(15)5(9)21-11(19,20-4)7(10)17/h2-7,15-19H,1H3,(H3,12,13,14)/t2?,3-,4?,5?,6-,7+,9+,10-,11?/m1/s1.